The van der Waals surface area contributed by atoms with Crippen LogP contribution in [0, 0.1) is 5.82 Å². The SMILES string of the molecule is CC[C@@H](C)NC(=O)COc1ccc(F)cc1Br. The summed E-state index contributed by atoms with van der Waals surface area (Å²) in [6.45, 7) is 3.84. The van der Waals surface area contributed by atoms with Crippen LogP contribution in [0.3, 0.4) is 0 Å². The monoisotopic (exact) mass is 303 g/mol. The molecule has 0 aromatic heterocycles. The Hall–Kier alpha value is -1.10. The van der Waals surface area contributed by atoms with E-state index < -0.39 is 0 Å². The van der Waals surface area contributed by atoms with Gasteiger partial charge in [0.15, 0.2) is 6.61 Å². The number of rotatable bonds is 5. The quantitative estimate of drug-likeness (QED) is 0.908. The first-order valence-electron chi connectivity index (χ1n) is 5.40. The van der Waals surface area contributed by atoms with E-state index in [-0.39, 0.29) is 24.4 Å². The third kappa shape index (κ3) is 4.73. The average Bonchev–Trinajstić information content (AvgIpc) is 2.27. The van der Waals surface area contributed by atoms with Gasteiger partial charge in [-0.2, -0.15) is 0 Å². The molecule has 1 rings (SSSR count). The highest BCUT2D eigenvalue weighted by atomic mass is 79.9. The van der Waals surface area contributed by atoms with Crippen molar-refractivity contribution in [2.45, 2.75) is 26.3 Å². The molecule has 0 aliphatic rings. The first-order chi connectivity index (χ1) is 8.02. The Kier molecular flexibility index (Phi) is 5.41. The molecule has 0 aliphatic heterocycles. The van der Waals surface area contributed by atoms with E-state index in [9.17, 15) is 9.18 Å². The number of carbonyl (C=O) groups excluding carboxylic acids is 1. The van der Waals surface area contributed by atoms with Gasteiger partial charge in [-0.05, 0) is 47.5 Å². The number of hydrogen-bond donors (Lipinski definition) is 1. The summed E-state index contributed by atoms with van der Waals surface area (Å²) in [6.07, 6.45) is 0.867. The van der Waals surface area contributed by atoms with Gasteiger partial charge in [0, 0.05) is 6.04 Å². The van der Waals surface area contributed by atoms with Crippen LogP contribution in [0.2, 0.25) is 0 Å². The Morgan fingerprint density at radius 1 is 1.59 bits per heavy atom. The summed E-state index contributed by atoms with van der Waals surface area (Å²) in [5.74, 6) is -0.0884. The first kappa shape index (κ1) is 14.0. The van der Waals surface area contributed by atoms with Gasteiger partial charge in [0.25, 0.3) is 5.91 Å². The zero-order valence-corrected chi connectivity index (χ0v) is 11.4. The molecule has 0 radical (unpaired) electrons. The van der Waals surface area contributed by atoms with E-state index in [1.54, 1.807) is 0 Å². The molecule has 0 aliphatic carbocycles. The highest BCUT2D eigenvalue weighted by molar-refractivity contribution is 9.10. The van der Waals surface area contributed by atoms with Gasteiger partial charge >= 0.3 is 0 Å². The number of hydrogen-bond acceptors (Lipinski definition) is 2. The molecule has 1 aromatic rings. The topological polar surface area (TPSA) is 38.3 Å². The third-order valence-corrected chi connectivity index (χ3v) is 2.89. The summed E-state index contributed by atoms with van der Waals surface area (Å²) < 4.78 is 18.6. The molecule has 0 heterocycles. The van der Waals surface area contributed by atoms with Gasteiger partial charge in [0.2, 0.25) is 0 Å². The molecule has 0 unspecified atom stereocenters. The van der Waals surface area contributed by atoms with Gasteiger partial charge in [-0.15, -0.1) is 0 Å². The number of amides is 1. The van der Waals surface area contributed by atoms with E-state index in [1.807, 2.05) is 13.8 Å². The molecule has 1 aromatic carbocycles. The Morgan fingerprint density at radius 2 is 2.29 bits per heavy atom. The fourth-order valence-electron chi connectivity index (χ4n) is 1.15. The summed E-state index contributed by atoms with van der Waals surface area (Å²) in [5, 5.41) is 2.78. The van der Waals surface area contributed by atoms with Gasteiger partial charge in [-0.1, -0.05) is 6.92 Å². The molecule has 5 heteroatoms. The molecule has 17 heavy (non-hydrogen) atoms. The second kappa shape index (κ2) is 6.59. The summed E-state index contributed by atoms with van der Waals surface area (Å²) in [4.78, 5) is 11.4. The predicted molar refractivity (Wildman–Crippen MR) is 67.5 cm³/mol. The van der Waals surface area contributed by atoms with E-state index in [1.165, 1.54) is 18.2 Å². The second-order valence-electron chi connectivity index (χ2n) is 3.74. The largest absolute Gasteiger partial charge is 0.483 e. The molecule has 0 fully saturated rings. The van der Waals surface area contributed by atoms with Crippen LogP contribution >= 0.6 is 15.9 Å². The van der Waals surface area contributed by atoms with E-state index in [2.05, 4.69) is 21.2 Å². The first-order valence-corrected chi connectivity index (χ1v) is 6.19. The van der Waals surface area contributed by atoms with E-state index in [4.69, 9.17) is 4.74 Å². The van der Waals surface area contributed by atoms with Crippen LogP contribution in [-0.2, 0) is 4.79 Å². The zero-order chi connectivity index (χ0) is 12.8. The van der Waals surface area contributed by atoms with E-state index in [0.29, 0.717) is 10.2 Å². The number of nitrogens with one attached hydrogen (secondary N) is 1. The molecule has 0 spiro atoms. The predicted octanol–water partition coefficient (Wildman–Crippen LogP) is 2.88. The molecule has 94 valence electrons. The zero-order valence-electron chi connectivity index (χ0n) is 9.80. The lowest BCUT2D eigenvalue weighted by atomic mass is 10.2. The van der Waals surface area contributed by atoms with Crippen LogP contribution in [0.4, 0.5) is 4.39 Å². The minimum atomic E-state index is -0.353. The molecular formula is C12H15BrFNO2. The normalized spacial score (nSPS) is 12.0. The lowest BCUT2D eigenvalue weighted by Gasteiger charge is -2.12. The molecule has 0 saturated heterocycles. The van der Waals surface area contributed by atoms with Crippen molar-refractivity contribution in [2.24, 2.45) is 0 Å². The van der Waals surface area contributed by atoms with Gasteiger partial charge in [-0.3, -0.25) is 4.79 Å². The second-order valence-corrected chi connectivity index (χ2v) is 4.59. The van der Waals surface area contributed by atoms with Gasteiger partial charge in [0.1, 0.15) is 11.6 Å². The van der Waals surface area contributed by atoms with Crippen molar-refractivity contribution < 1.29 is 13.9 Å². The van der Waals surface area contributed by atoms with Crippen LogP contribution in [0.25, 0.3) is 0 Å². The minimum absolute atomic E-state index is 0.0748. The van der Waals surface area contributed by atoms with Gasteiger partial charge in [0.05, 0.1) is 4.47 Å². The fourth-order valence-corrected chi connectivity index (χ4v) is 1.62. The Bertz CT molecular complexity index is 398. The summed E-state index contributed by atoms with van der Waals surface area (Å²) in [7, 11) is 0. The number of carbonyl (C=O) groups is 1. The molecule has 1 N–H and O–H groups in total. The van der Waals surface area contributed by atoms with Gasteiger partial charge in [-0.25, -0.2) is 4.39 Å². The van der Waals surface area contributed by atoms with Crippen molar-refractivity contribution in [3.63, 3.8) is 0 Å². The van der Waals surface area contributed by atoms with Crippen LogP contribution in [-0.4, -0.2) is 18.6 Å². The molecule has 3 nitrogen and oxygen atoms in total. The molecular weight excluding hydrogens is 289 g/mol. The average molecular weight is 304 g/mol. The van der Waals surface area contributed by atoms with Crippen molar-refractivity contribution in [2.75, 3.05) is 6.61 Å². The lowest BCUT2D eigenvalue weighted by Crippen LogP contribution is -2.35. The maximum atomic E-state index is 12.8. The van der Waals surface area contributed by atoms with Gasteiger partial charge < -0.3 is 10.1 Å². The number of ether oxygens (including phenoxy) is 1. The van der Waals surface area contributed by atoms with Crippen molar-refractivity contribution in [3.05, 3.63) is 28.5 Å². The Balaban J connectivity index is 2.47. The summed E-state index contributed by atoms with van der Waals surface area (Å²) >= 11 is 3.17. The highest BCUT2D eigenvalue weighted by Gasteiger charge is 2.08. The standard InChI is InChI=1S/C12H15BrFNO2/c1-3-8(2)15-12(16)7-17-11-5-4-9(14)6-10(11)13/h4-6,8H,3,7H2,1-2H3,(H,15,16)/t8-/m1/s1. The van der Waals surface area contributed by atoms with Crippen molar-refractivity contribution >= 4 is 21.8 Å². The Morgan fingerprint density at radius 3 is 2.88 bits per heavy atom. The lowest BCUT2D eigenvalue weighted by molar-refractivity contribution is -0.123. The Labute approximate surface area is 108 Å². The number of halogens is 2. The van der Waals surface area contributed by atoms with E-state index in [0.717, 1.165) is 6.42 Å². The molecule has 0 saturated carbocycles. The number of benzene rings is 1. The maximum Gasteiger partial charge on any atom is 0.258 e. The van der Waals surface area contributed by atoms with Crippen LogP contribution in [0.1, 0.15) is 20.3 Å². The van der Waals surface area contributed by atoms with Crippen LogP contribution in [0.5, 0.6) is 5.75 Å². The molecule has 1 atom stereocenters. The molecule has 1 amide bonds. The maximum absolute atomic E-state index is 12.8. The third-order valence-electron chi connectivity index (χ3n) is 2.27. The fraction of sp³-hybridized carbons (Fsp3) is 0.417. The van der Waals surface area contributed by atoms with Crippen molar-refractivity contribution in [3.8, 4) is 5.75 Å². The van der Waals surface area contributed by atoms with Crippen molar-refractivity contribution in [1.29, 1.82) is 0 Å². The van der Waals surface area contributed by atoms with Crippen LogP contribution in [0.15, 0.2) is 22.7 Å². The van der Waals surface area contributed by atoms with Crippen LogP contribution < -0.4 is 10.1 Å². The highest BCUT2D eigenvalue weighted by Crippen LogP contribution is 2.25. The molecule has 0 bridgehead atoms. The smallest absolute Gasteiger partial charge is 0.258 e. The summed E-state index contributed by atoms with van der Waals surface area (Å²) in [5.41, 5.74) is 0. The minimum Gasteiger partial charge on any atom is -0.483 e. The van der Waals surface area contributed by atoms with Crippen molar-refractivity contribution in [1.82, 2.24) is 5.32 Å². The summed E-state index contributed by atoms with van der Waals surface area (Å²) in [6, 6.07) is 4.19. The van der Waals surface area contributed by atoms with E-state index >= 15 is 0 Å².